The van der Waals surface area contributed by atoms with E-state index in [1.54, 1.807) is 66.0 Å². The fourth-order valence-electron chi connectivity index (χ4n) is 3.69. The zero-order chi connectivity index (χ0) is 24.3. The maximum absolute atomic E-state index is 12.7. The van der Waals surface area contributed by atoms with Gasteiger partial charge in [-0.3, -0.25) is 9.52 Å². The number of anilines is 2. The first-order valence-corrected chi connectivity index (χ1v) is 14.5. The maximum Gasteiger partial charge on any atom is 0.261 e. The van der Waals surface area contributed by atoms with E-state index in [0.29, 0.717) is 28.4 Å². The van der Waals surface area contributed by atoms with Crippen LogP contribution in [-0.4, -0.2) is 40.1 Å². The molecule has 8 nitrogen and oxygen atoms in total. The average Bonchev–Trinajstić information content (AvgIpc) is 3.37. The number of hydrogen-bond donors (Lipinski definition) is 2. The van der Waals surface area contributed by atoms with Gasteiger partial charge in [0.15, 0.2) is 0 Å². The molecule has 3 aromatic rings. The first-order valence-electron chi connectivity index (χ1n) is 10.7. The normalized spacial score (nSPS) is 15.7. The van der Waals surface area contributed by atoms with E-state index in [-0.39, 0.29) is 29.8 Å². The van der Waals surface area contributed by atoms with Crippen LogP contribution >= 0.6 is 11.3 Å². The summed E-state index contributed by atoms with van der Waals surface area (Å²) in [6.45, 7) is 2.46. The number of thiophene rings is 1. The number of aryl methyl sites for hydroxylation is 1. The molecule has 1 amide bonds. The minimum Gasteiger partial charge on any atom is -0.326 e. The molecule has 0 spiro atoms. The molecule has 1 saturated heterocycles. The third-order valence-corrected chi connectivity index (χ3v) is 10.3. The van der Waals surface area contributed by atoms with E-state index in [1.165, 1.54) is 15.6 Å². The van der Waals surface area contributed by atoms with Gasteiger partial charge in [0.2, 0.25) is 5.91 Å². The van der Waals surface area contributed by atoms with Gasteiger partial charge in [-0.25, -0.2) is 16.8 Å². The molecule has 0 unspecified atom stereocenters. The Morgan fingerprint density at radius 2 is 1.53 bits per heavy atom. The van der Waals surface area contributed by atoms with E-state index in [1.807, 2.05) is 6.92 Å². The summed E-state index contributed by atoms with van der Waals surface area (Å²) >= 11 is 1.18. The molecular formula is C23H25N3O5S3. The monoisotopic (exact) mass is 519 g/mol. The predicted octanol–water partition coefficient (Wildman–Crippen LogP) is 3.90. The van der Waals surface area contributed by atoms with E-state index in [4.69, 9.17) is 0 Å². The van der Waals surface area contributed by atoms with E-state index < -0.39 is 20.0 Å². The van der Waals surface area contributed by atoms with Crippen molar-refractivity contribution in [1.82, 2.24) is 4.31 Å². The fraction of sp³-hybridized carbons (Fsp3) is 0.261. The van der Waals surface area contributed by atoms with Crippen LogP contribution in [0.25, 0.3) is 0 Å². The summed E-state index contributed by atoms with van der Waals surface area (Å²) in [5.74, 6) is -0.476. The largest absolute Gasteiger partial charge is 0.326 e. The number of sulfonamides is 2. The lowest BCUT2D eigenvalue weighted by atomic mass is 9.97. The zero-order valence-electron chi connectivity index (χ0n) is 18.5. The first-order chi connectivity index (χ1) is 16.1. The van der Waals surface area contributed by atoms with Crippen molar-refractivity contribution in [3.8, 4) is 0 Å². The molecule has 0 radical (unpaired) electrons. The number of carbonyl (C=O) groups excluding carboxylic acids is 1. The molecule has 0 saturated carbocycles. The SMILES string of the molecule is Cc1ccc(S(=O)(=O)Nc2ccc(NC(=O)C3CCN(S(=O)(=O)c4cccs4)CC3)cc2)cc1. The summed E-state index contributed by atoms with van der Waals surface area (Å²) in [4.78, 5) is 12.9. The van der Waals surface area contributed by atoms with Gasteiger partial charge in [-0.1, -0.05) is 23.8 Å². The smallest absolute Gasteiger partial charge is 0.261 e. The molecule has 11 heteroatoms. The van der Waals surface area contributed by atoms with Gasteiger partial charge in [-0.05, 0) is 67.6 Å². The van der Waals surface area contributed by atoms with E-state index in [0.717, 1.165) is 5.56 Å². The molecule has 2 heterocycles. The lowest BCUT2D eigenvalue weighted by molar-refractivity contribution is -0.120. The second-order valence-electron chi connectivity index (χ2n) is 8.10. The number of benzene rings is 2. The second-order valence-corrected chi connectivity index (χ2v) is 12.9. The van der Waals surface area contributed by atoms with Gasteiger partial charge in [-0.2, -0.15) is 4.31 Å². The summed E-state index contributed by atoms with van der Waals surface area (Å²) in [5.41, 5.74) is 1.89. The Kier molecular flexibility index (Phi) is 7.08. The molecule has 4 rings (SSSR count). The van der Waals surface area contributed by atoms with Crippen LogP contribution in [0.3, 0.4) is 0 Å². The van der Waals surface area contributed by atoms with Gasteiger partial charge in [0.05, 0.1) is 4.90 Å². The van der Waals surface area contributed by atoms with Crippen LogP contribution in [0.15, 0.2) is 75.1 Å². The van der Waals surface area contributed by atoms with E-state index in [9.17, 15) is 21.6 Å². The van der Waals surface area contributed by atoms with Gasteiger partial charge >= 0.3 is 0 Å². The topological polar surface area (TPSA) is 113 Å². The molecule has 1 aliphatic rings. The van der Waals surface area contributed by atoms with Crippen molar-refractivity contribution in [2.45, 2.75) is 28.9 Å². The Bertz CT molecular complexity index is 1340. The highest BCUT2D eigenvalue weighted by molar-refractivity contribution is 7.92. The molecule has 2 aromatic carbocycles. The highest BCUT2D eigenvalue weighted by atomic mass is 32.2. The summed E-state index contributed by atoms with van der Waals surface area (Å²) in [6, 6.07) is 16.3. The highest BCUT2D eigenvalue weighted by Crippen LogP contribution is 2.27. The summed E-state index contributed by atoms with van der Waals surface area (Å²) in [7, 11) is -7.21. The van der Waals surface area contributed by atoms with E-state index in [2.05, 4.69) is 10.0 Å². The number of rotatable bonds is 7. The van der Waals surface area contributed by atoms with Crippen LogP contribution in [0.1, 0.15) is 18.4 Å². The van der Waals surface area contributed by atoms with Gasteiger partial charge in [0.25, 0.3) is 20.0 Å². The standard InChI is InChI=1S/C23H25N3O5S3/c1-17-4-10-21(11-5-17)33(28,29)25-20-8-6-19(7-9-20)24-23(27)18-12-14-26(15-13-18)34(30,31)22-3-2-16-32-22/h2-11,16,18,25H,12-15H2,1H3,(H,24,27). The van der Waals surface area contributed by atoms with Gasteiger partial charge < -0.3 is 5.32 Å². The molecule has 180 valence electrons. The average molecular weight is 520 g/mol. The van der Waals surface area contributed by atoms with Crippen LogP contribution < -0.4 is 10.0 Å². The minimum absolute atomic E-state index is 0.169. The van der Waals surface area contributed by atoms with Gasteiger partial charge in [0.1, 0.15) is 4.21 Å². The van der Waals surface area contributed by atoms with E-state index >= 15 is 0 Å². The van der Waals surface area contributed by atoms with Crippen LogP contribution in [0, 0.1) is 12.8 Å². The lowest BCUT2D eigenvalue weighted by Gasteiger charge is -2.30. The molecule has 1 aliphatic heterocycles. The van der Waals surface area contributed by atoms with Gasteiger partial charge in [0, 0.05) is 30.4 Å². The molecule has 0 atom stereocenters. The minimum atomic E-state index is -3.71. The Morgan fingerprint density at radius 3 is 2.12 bits per heavy atom. The fourth-order valence-corrected chi connectivity index (χ4v) is 7.37. The highest BCUT2D eigenvalue weighted by Gasteiger charge is 2.32. The summed E-state index contributed by atoms with van der Waals surface area (Å²) < 4.78 is 54.6. The van der Waals surface area contributed by atoms with Crippen molar-refractivity contribution in [1.29, 1.82) is 0 Å². The van der Waals surface area contributed by atoms with Crippen LogP contribution in [-0.2, 0) is 24.8 Å². The molecule has 0 aliphatic carbocycles. The molecule has 1 fully saturated rings. The molecule has 0 bridgehead atoms. The molecule has 1 aromatic heterocycles. The number of nitrogens with zero attached hydrogens (tertiary/aromatic N) is 1. The third kappa shape index (κ3) is 5.49. The Morgan fingerprint density at radius 1 is 0.912 bits per heavy atom. The van der Waals surface area contributed by atoms with Crippen LogP contribution in [0.4, 0.5) is 11.4 Å². The molecule has 34 heavy (non-hydrogen) atoms. The second kappa shape index (κ2) is 9.87. The Hall–Kier alpha value is -2.73. The molecular weight excluding hydrogens is 494 g/mol. The quantitative estimate of drug-likeness (QED) is 0.492. The Balaban J connectivity index is 1.32. The third-order valence-electron chi connectivity index (χ3n) is 5.65. The van der Waals surface area contributed by atoms with Crippen molar-refractivity contribution in [3.63, 3.8) is 0 Å². The number of hydrogen-bond acceptors (Lipinski definition) is 6. The van der Waals surface area contributed by atoms with Crippen LogP contribution in [0.2, 0.25) is 0 Å². The van der Waals surface area contributed by atoms with Crippen molar-refractivity contribution < 1.29 is 21.6 Å². The predicted molar refractivity (Wildman–Crippen MR) is 133 cm³/mol. The van der Waals surface area contributed by atoms with Gasteiger partial charge in [-0.15, -0.1) is 11.3 Å². The molecule has 2 N–H and O–H groups in total. The van der Waals surface area contributed by atoms with Crippen molar-refractivity contribution in [2.75, 3.05) is 23.1 Å². The summed E-state index contributed by atoms with van der Waals surface area (Å²) in [5, 5.41) is 4.57. The number of carbonyl (C=O) groups is 1. The number of nitrogens with one attached hydrogen (secondary N) is 2. The van der Waals surface area contributed by atoms with Crippen LogP contribution in [0.5, 0.6) is 0 Å². The number of piperidine rings is 1. The summed E-state index contributed by atoms with van der Waals surface area (Å²) in [6.07, 6.45) is 0.871. The van der Waals surface area contributed by atoms with Crippen molar-refractivity contribution >= 4 is 48.7 Å². The maximum atomic E-state index is 12.7. The van der Waals surface area contributed by atoms with Crippen molar-refractivity contribution in [3.05, 3.63) is 71.6 Å². The first kappa shape index (κ1) is 24.4. The van der Waals surface area contributed by atoms with Crippen molar-refractivity contribution in [2.24, 2.45) is 5.92 Å². The number of amides is 1. The lowest BCUT2D eigenvalue weighted by Crippen LogP contribution is -2.41. The Labute approximate surface area is 203 Å². The zero-order valence-corrected chi connectivity index (χ0v) is 20.9.